The first-order valence-corrected chi connectivity index (χ1v) is 6.77. The van der Waals surface area contributed by atoms with Crippen molar-refractivity contribution >= 4 is 45.8 Å². The van der Waals surface area contributed by atoms with Crippen molar-refractivity contribution in [3.05, 3.63) is 0 Å². The molecule has 3 atom stereocenters. The van der Waals surface area contributed by atoms with E-state index in [1.54, 1.807) is 0 Å². The zero-order valence-corrected chi connectivity index (χ0v) is 12.8. The molecule has 2 aliphatic rings. The van der Waals surface area contributed by atoms with E-state index in [0.29, 0.717) is 5.71 Å². The summed E-state index contributed by atoms with van der Waals surface area (Å²) < 4.78 is 0. The van der Waals surface area contributed by atoms with E-state index in [0.717, 1.165) is 18.2 Å². The number of nitrogens with two attached hydrogens (primary N) is 1. The van der Waals surface area contributed by atoms with Crippen LogP contribution in [0, 0.1) is 22.2 Å². The predicted octanol–water partition coefficient (Wildman–Crippen LogP) is 1.65. The summed E-state index contributed by atoms with van der Waals surface area (Å²) in [4.78, 5) is 12.4. The van der Waals surface area contributed by atoms with Crippen LogP contribution in [0.25, 0.3) is 0 Å². The van der Waals surface area contributed by atoms with Gasteiger partial charge in [-0.15, -0.1) is 12.4 Å². The number of rotatable bonds is 2. The van der Waals surface area contributed by atoms with Gasteiger partial charge in [-0.1, -0.05) is 29.8 Å². The summed E-state index contributed by atoms with van der Waals surface area (Å²) in [5, 5.41) is 11.9. The van der Waals surface area contributed by atoms with Crippen LogP contribution in [0.1, 0.15) is 26.7 Å². The third-order valence-corrected chi connectivity index (χ3v) is 5.77. The average molecular weight is 338 g/mol. The maximum Gasteiger partial charge on any atom is 0.206 e. The van der Waals surface area contributed by atoms with Crippen molar-refractivity contribution in [1.82, 2.24) is 5.43 Å². The molecule has 0 aromatic rings. The Labute approximate surface area is 121 Å². The molecule has 0 spiro atoms. The normalized spacial score (nSPS) is 39.8. The van der Waals surface area contributed by atoms with Gasteiger partial charge in [0.1, 0.15) is 5.71 Å². The molecule has 0 aromatic carbocycles. The highest BCUT2D eigenvalue weighted by molar-refractivity contribution is 9.09. The number of fused-ring (bicyclic) bond motifs is 2. The number of nitrogens with one attached hydrogen (secondary N) is 2. The second-order valence-corrected chi connectivity index (χ2v) is 5.89. The number of alkyl halides is 1. The highest BCUT2D eigenvalue weighted by atomic mass is 79.9. The Morgan fingerprint density at radius 1 is 1.67 bits per heavy atom. The summed E-state index contributed by atoms with van der Waals surface area (Å²) in [7, 11) is 0. The van der Waals surface area contributed by atoms with Crippen molar-refractivity contribution < 1.29 is 4.79 Å². The number of carbonyl (C=O) groups is 1. The third kappa shape index (κ3) is 1.77. The van der Waals surface area contributed by atoms with Crippen molar-refractivity contribution in [2.24, 2.45) is 27.6 Å². The lowest BCUT2D eigenvalue weighted by molar-refractivity contribution is -0.123. The van der Waals surface area contributed by atoms with E-state index in [9.17, 15) is 4.79 Å². The molecular weight excluding hydrogens is 320 g/mol. The summed E-state index contributed by atoms with van der Waals surface area (Å²) in [5.41, 5.74) is 7.72. The molecule has 2 fully saturated rings. The number of hydrazone groups is 1. The van der Waals surface area contributed by atoms with Crippen LogP contribution in [0.2, 0.25) is 0 Å². The van der Waals surface area contributed by atoms with E-state index in [1.165, 1.54) is 0 Å². The Balaban J connectivity index is 0.00000162. The van der Waals surface area contributed by atoms with Gasteiger partial charge in [0.2, 0.25) is 5.96 Å². The molecule has 5 nitrogen and oxygen atoms in total. The molecule has 4 N–H and O–H groups in total. The first-order chi connectivity index (χ1) is 7.87. The lowest BCUT2D eigenvalue weighted by Gasteiger charge is -2.33. The molecule has 0 saturated heterocycles. The second kappa shape index (κ2) is 4.81. The lowest BCUT2D eigenvalue weighted by Crippen LogP contribution is -2.36. The number of hydrogen-bond acceptors (Lipinski definition) is 3. The van der Waals surface area contributed by atoms with Crippen LogP contribution in [-0.2, 0) is 4.79 Å². The molecule has 0 aliphatic heterocycles. The Morgan fingerprint density at radius 3 is 2.72 bits per heavy atom. The van der Waals surface area contributed by atoms with Gasteiger partial charge in [0, 0.05) is 16.7 Å². The summed E-state index contributed by atoms with van der Waals surface area (Å²) in [6.45, 7) is 4.15. The minimum absolute atomic E-state index is 0. The zero-order chi connectivity index (χ0) is 12.8. The Hall–Kier alpha value is -0.620. The average Bonchev–Trinajstić information content (AvgIpc) is 2.62. The Kier molecular flexibility index (Phi) is 4.13. The Morgan fingerprint density at radius 2 is 2.28 bits per heavy atom. The van der Waals surface area contributed by atoms with E-state index < -0.39 is 0 Å². The van der Waals surface area contributed by atoms with Crippen molar-refractivity contribution in [1.29, 1.82) is 5.41 Å². The minimum atomic E-state index is -0.335. The van der Waals surface area contributed by atoms with Crippen LogP contribution >= 0.6 is 28.3 Å². The van der Waals surface area contributed by atoms with Crippen molar-refractivity contribution in [2.45, 2.75) is 26.7 Å². The molecule has 2 saturated carbocycles. The molecule has 0 heterocycles. The first kappa shape index (κ1) is 15.4. The first-order valence-electron chi connectivity index (χ1n) is 5.65. The zero-order valence-electron chi connectivity index (χ0n) is 10.4. The van der Waals surface area contributed by atoms with Crippen molar-refractivity contribution in [3.8, 4) is 0 Å². The van der Waals surface area contributed by atoms with Crippen LogP contribution < -0.4 is 11.2 Å². The molecule has 0 radical (unpaired) electrons. The smallest absolute Gasteiger partial charge is 0.206 e. The van der Waals surface area contributed by atoms with Gasteiger partial charge in [0.05, 0.1) is 0 Å². The van der Waals surface area contributed by atoms with Crippen LogP contribution in [0.5, 0.6) is 0 Å². The van der Waals surface area contributed by atoms with Crippen LogP contribution in [0.4, 0.5) is 0 Å². The SMILES string of the molecule is CC12CCC(C(=NNC(=N)N)C1=O)C2(C)CBr.Cl. The van der Waals surface area contributed by atoms with Gasteiger partial charge in [0.15, 0.2) is 5.78 Å². The topological polar surface area (TPSA) is 91.3 Å². The summed E-state index contributed by atoms with van der Waals surface area (Å²) in [5.74, 6) is 0.0226. The maximum atomic E-state index is 12.4. The Bertz CT molecular complexity index is 427. The number of nitrogens with zero attached hydrogens (tertiary/aromatic N) is 1. The monoisotopic (exact) mass is 336 g/mol. The van der Waals surface area contributed by atoms with E-state index in [1.807, 2.05) is 6.92 Å². The highest BCUT2D eigenvalue weighted by Crippen LogP contribution is 2.63. The highest BCUT2D eigenvalue weighted by Gasteiger charge is 2.66. The van der Waals surface area contributed by atoms with Crippen LogP contribution in [0.3, 0.4) is 0 Å². The molecule has 102 valence electrons. The van der Waals surface area contributed by atoms with E-state index >= 15 is 0 Å². The lowest BCUT2D eigenvalue weighted by atomic mass is 9.70. The number of carbonyl (C=O) groups excluding carboxylic acids is 1. The summed E-state index contributed by atoms with van der Waals surface area (Å²) in [6, 6.07) is 0. The summed E-state index contributed by atoms with van der Waals surface area (Å²) >= 11 is 3.53. The fraction of sp³-hybridized carbons (Fsp3) is 0.727. The van der Waals surface area contributed by atoms with Gasteiger partial charge in [-0.05, 0) is 18.3 Å². The van der Waals surface area contributed by atoms with Gasteiger partial charge in [-0.3, -0.25) is 10.2 Å². The fourth-order valence-electron chi connectivity index (χ4n) is 3.16. The van der Waals surface area contributed by atoms with Crippen LogP contribution in [0.15, 0.2) is 5.10 Å². The number of Topliss-reactive ketones (excluding diaryl/α,β-unsaturated/α-hetero) is 1. The van der Waals surface area contributed by atoms with Gasteiger partial charge in [0.25, 0.3) is 0 Å². The fourth-order valence-corrected chi connectivity index (χ4v) is 4.17. The van der Waals surface area contributed by atoms with Crippen LogP contribution in [-0.4, -0.2) is 22.8 Å². The number of ketones is 1. The molecular formula is C11H18BrClN4O. The van der Waals surface area contributed by atoms with E-state index in [-0.39, 0.29) is 40.9 Å². The predicted molar refractivity (Wildman–Crippen MR) is 77.5 cm³/mol. The molecule has 18 heavy (non-hydrogen) atoms. The molecule has 0 aromatic heterocycles. The minimum Gasteiger partial charge on any atom is -0.369 e. The molecule has 2 rings (SSSR count). The van der Waals surface area contributed by atoms with Crippen molar-refractivity contribution in [2.75, 3.05) is 5.33 Å². The maximum absolute atomic E-state index is 12.4. The van der Waals surface area contributed by atoms with Gasteiger partial charge in [-0.25, -0.2) is 5.43 Å². The second-order valence-electron chi connectivity index (χ2n) is 5.33. The summed E-state index contributed by atoms with van der Waals surface area (Å²) in [6.07, 6.45) is 1.89. The quantitative estimate of drug-likeness (QED) is 0.310. The van der Waals surface area contributed by atoms with E-state index in [4.69, 9.17) is 11.1 Å². The van der Waals surface area contributed by atoms with Crippen molar-refractivity contribution in [3.63, 3.8) is 0 Å². The number of hydrogen-bond donors (Lipinski definition) is 3. The van der Waals surface area contributed by atoms with Gasteiger partial charge in [-0.2, -0.15) is 5.10 Å². The standard InChI is InChI=1S/C11H17BrN4O.ClH/c1-10-4-3-6(11(10,2)5-12)7(8(10)17)15-16-9(13)14;/h6H,3-5H2,1-2H3,(H4,13,14,16);1H. The third-order valence-electron chi connectivity index (χ3n) is 4.60. The molecule has 2 bridgehead atoms. The largest absolute Gasteiger partial charge is 0.369 e. The molecule has 3 unspecified atom stereocenters. The number of halogens is 2. The van der Waals surface area contributed by atoms with Gasteiger partial charge >= 0.3 is 0 Å². The molecule has 7 heteroatoms. The number of guanidine groups is 1. The molecule has 2 aliphatic carbocycles. The van der Waals surface area contributed by atoms with Gasteiger partial charge < -0.3 is 5.73 Å². The molecule has 0 amide bonds. The van der Waals surface area contributed by atoms with E-state index in [2.05, 4.69) is 33.4 Å².